The fraction of sp³-hybridized carbons (Fsp3) is 0.188. The molecule has 3 nitrogen and oxygen atoms in total. The first kappa shape index (κ1) is 15.9. The Morgan fingerprint density at radius 1 is 1.24 bits per heavy atom. The molecule has 110 valence electrons. The lowest BCUT2D eigenvalue weighted by molar-refractivity contribution is 0.102. The van der Waals surface area contributed by atoms with Crippen molar-refractivity contribution in [3.63, 3.8) is 0 Å². The predicted octanol–water partition coefficient (Wildman–Crippen LogP) is 5.14. The van der Waals surface area contributed by atoms with E-state index in [2.05, 4.69) is 28.2 Å². The maximum absolute atomic E-state index is 12.1. The topological polar surface area (TPSA) is 38.3 Å². The van der Waals surface area contributed by atoms with E-state index in [4.69, 9.17) is 16.3 Å². The second-order valence-electron chi connectivity index (χ2n) is 4.46. The van der Waals surface area contributed by atoms with Crippen LogP contribution in [0, 0.1) is 0 Å². The van der Waals surface area contributed by atoms with Gasteiger partial charge in [0.1, 0.15) is 5.75 Å². The Balaban J connectivity index is 2.03. The van der Waals surface area contributed by atoms with Crippen LogP contribution in [0.1, 0.15) is 23.7 Å². The Morgan fingerprint density at radius 2 is 1.95 bits per heavy atom. The van der Waals surface area contributed by atoms with Crippen LogP contribution >= 0.6 is 27.5 Å². The van der Waals surface area contributed by atoms with Crippen molar-refractivity contribution >= 4 is 39.1 Å². The second-order valence-corrected chi connectivity index (χ2v) is 5.72. The van der Waals surface area contributed by atoms with Crippen molar-refractivity contribution in [3.8, 4) is 5.75 Å². The smallest absolute Gasteiger partial charge is 0.255 e. The van der Waals surface area contributed by atoms with Crippen molar-refractivity contribution < 1.29 is 9.53 Å². The van der Waals surface area contributed by atoms with E-state index >= 15 is 0 Å². The van der Waals surface area contributed by atoms with Crippen molar-refractivity contribution in [1.29, 1.82) is 0 Å². The zero-order chi connectivity index (χ0) is 15.2. The standard InChI is InChI=1S/C16H15BrClNO2/c1-2-9-21-13-6-4-12(5-7-13)19-16(20)11-3-8-15(18)14(17)10-11/h3-8,10H,2,9H2,1H3,(H,19,20). The summed E-state index contributed by atoms with van der Waals surface area (Å²) in [7, 11) is 0. The summed E-state index contributed by atoms with van der Waals surface area (Å²) in [6.45, 7) is 2.74. The molecule has 0 bridgehead atoms. The molecule has 5 heteroatoms. The van der Waals surface area contributed by atoms with Crippen LogP contribution < -0.4 is 10.1 Å². The molecule has 0 aliphatic carbocycles. The van der Waals surface area contributed by atoms with E-state index < -0.39 is 0 Å². The minimum absolute atomic E-state index is 0.186. The third-order valence-electron chi connectivity index (χ3n) is 2.77. The number of hydrogen-bond acceptors (Lipinski definition) is 2. The fourth-order valence-corrected chi connectivity index (χ4v) is 2.19. The monoisotopic (exact) mass is 367 g/mol. The molecule has 0 atom stereocenters. The highest BCUT2D eigenvalue weighted by molar-refractivity contribution is 9.10. The summed E-state index contributed by atoms with van der Waals surface area (Å²) in [6.07, 6.45) is 0.962. The second kappa shape index (κ2) is 7.48. The van der Waals surface area contributed by atoms with Crippen LogP contribution in [-0.4, -0.2) is 12.5 Å². The Labute approximate surface area is 137 Å². The van der Waals surface area contributed by atoms with Gasteiger partial charge in [0.15, 0.2) is 0 Å². The molecule has 0 heterocycles. The molecule has 1 amide bonds. The molecule has 21 heavy (non-hydrogen) atoms. The van der Waals surface area contributed by atoms with Gasteiger partial charge in [-0.2, -0.15) is 0 Å². The Morgan fingerprint density at radius 3 is 2.57 bits per heavy atom. The lowest BCUT2D eigenvalue weighted by atomic mass is 10.2. The molecule has 0 aromatic heterocycles. The molecule has 0 unspecified atom stereocenters. The minimum atomic E-state index is -0.186. The van der Waals surface area contributed by atoms with Gasteiger partial charge in [-0.15, -0.1) is 0 Å². The number of benzene rings is 2. The molecule has 1 N–H and O–H groups in total. The molecule has 0 aliphatic heterocycles. The quantitative estimate of drug-likeness (QED) is 0.793. The SMILES string of the molecule is CCCOc1ccc(NC(=O)c2ccc(Cl)c(Br)c2)cc1. The Hall–Kier alpha value is -1.52. The zero-order valence-corrected chi connectivity index (χ0v) is 13.9. The van der Waals surface area contributed by atoms with Crippen LogP contribution in [0.2, 0.25) is 5.02 Å². The van der Waals surface area contributed by atoms with Gasteiger partial charge < -0.3 is 10.1 Å². The van der Waals surface area contributed by atoms with Gasteiger partial charge in [-0.25, -0.2) is 0 Å². The van der Waals surface area contributed by atoms with Gasteiger partial charge in [0.05, 0.1) is 11.6 Å². The lowest BCUT2D eigenvalue weighted by Crippen LogP contribution is -2.11. The molecular formula is C16H15BrClNO2. The van der Waals surface area contributed by atoms with E-state index in [1.165, 1.54) is 0 Å². The molecule has 2 aromatic carbocycles. The van der Waals surface area contributed by atoms with Crippen molar-refractivity contribution in [2.45, 2.75) is 13.3 Å². The molecule has 2 rings (SSSR count). The largest absolute Gasteiger partial charge is 0.494 e. The normalized spacial score (nSPS) is 10.2. The molecule has 0 saturated heterocycles. The summed E-state index contributed by atoms with van der Waals surface area (Å²) in [5.74, 6) is 0.610. The minimum Gasteiger partial charge on any atom is -0.494 e. The van der Waals surface area contributed by atoms with Gasteiger partial charge >= 0.3 is 0 Å². The maximum Gasteiger partial charge on any atom is 0.255 e. The van der Waals surface area contributed by atoms with Crippen molar-refractivity contribution in [2.75, 3.05) is 11.9 Å². The zero-order valence-electron chi connectivity index (χ0n) is 11.5. The van der Waals surface area contributed by atoms with Gasteiger partial charge in [0.2, 0.25) is 0 Å². The number of nitrogens with one attached hydrogen (secondary N) is 1. The van der Waals surface area contributed by atoms with Crippen molar-refractivity contribution in [3.05, 3.63) is 57.5 Å². The molecule has 0 spiro atoms. The Kier molecular flexibility index (Phi) is 5.65. The number of anilines is 1. The molecule has 0 aliphatic rings. The van der Waals surface area contributed by atoms with Gasteiger partial charge in [-0.1, -0.05) is 18.5 Å². The van der Waals surface area contributed by atoms with Crippen molar-refractivity contribution in [2.24, 2.45) is 0 Å². The number of ether oxygens (including phenoxy) is 1. The fourth-order valence-electron chi connectivity index (χ4n) is 1.70. The van der Waals surface area contributed by atoms with Gasteiger partial charge in [0.25, 0.3) is 5.91 Å². The third-order valence-corrected chi connectivity index (χ3v) is 3.98. The van der Waals surface area contributed by atoms with Crippen molar-refractivity contribution in [1.82, 2.24) is 0 Å². The summed E-state index contributed by atoms with van der Waals surface area (Å²) in [6, 6.07) is 12.4. The summed E-state index contributed by atoms with van der Waals surface area (Å²) >= 11 is 9.22. The van der Waals surface area contributed by atoms with Crippen LogP contribution in [0.15, 0.2) is 46.9 Å². The van der Waals surface area contributed by atoms with E-state index in [1.807, 2.05) is 24.3 Å². The van der Waals surface area contributed by atoms with E-state index in [9.17, 15) is 4.79 Å². The van der Waals surface area contributed by atoms with Gasteiger partial charge in [-0.05, 0) is 64.8 Å². The number of rotatable bonds is 5. The van der Waals surface area contributed by atoms with E-state index in [-0.39, 0.29) is 5.91 Å². The summed E-state index contributed by atoms with van der Waals surface area (Å²) in [4.78, 5) is 12.1. The summed E-state index contributed by atoms with van der Waals surface area (Å²) in [5, 5.41) is 3.40. The molecule has 0 fully saturated rings. The van der Waals surface area contributed by atoms with Crippen LogP contribution in [-0.2, 0) is 0 Å². The first-order valence-corrected chi connectivity index (χ1v) is 7.76. The molecular weight excluding hydrogens is 354 g/mol. The van der Waals surface area contributed by atoms with Crippen LogP contribution in [0.4, 0.5) is 5.69 Å². The molecule has 0 radical (unpaired) electrons. The number of halogens is 2. The first-order chi connectivity index (χ1) is 10.1. The van der Waals surface area contributed by atoms with Gasteiger partial charge in [-0.3, -0.25) is 4.79 Å². The highest BCUT2D eigenvalue weighted by Gasteiger charge is 2.08. The summed E-state index contributed by atoms with van der Waals surface area (Å²) in [5.41, 5.74) is 1.26. The van der Waals surface area contributed by atoms with Crippen LogP contribution in [0.5, 0.6) is 5.75 Å². The molecule has 2 aromatic rings. The van der Waals surface area contributed by atoms with Gasteiger partial charge in [0, 0.05) is 15.7 Å². The Bertz CT molecular complexity index is 629. The number of carbonyl (C=O) groups excluding carboxylic acids is 1. The predicted molar refractivity (Wildman–Crippen MR) is 89.3 cm³/mol. The highest BCUT2D eigenvalue weighted by atomic mass is 79.9. The van der Waals surface area contributed by atoms with Crippen LogP contribution in [0.25, 0.3) is 0 Å². The average molecular weight is 369 g/mol. The number of hydrogen-bond donors (Lipinski definition) is 1. The lowest BCUT2D eigenvalue weighted by Gasteiger charge is -2.08. The summed E-state index contributed by atoms with van der Waals surface area (Å²) < 4.78 is 6.19. The number of carbonyl (C=O) groups is 1. The van der Waals surface area contributed by atoms with E-state index in [1.54, 1.807) is 18.2 Å². The van der Waals surface area contributed by atoms with E-state index in [0.29, 0.717) is 21.7 Å². The van der Waals surface area contributed by atoms with Crippen LogP contribution in [0.3, 0.4) is 0 Å². The molecule has 0 saturated carbocycles. The number of amides is 1. The average Bonchev–Trinajstić information content (AvgIpc) is 2.49. The first-order valence-electron chi connectivity index (χ1n) is 6.59. The maximum atomic E-state index is 12.1. The van der Waals surface area contributed by atoms with E-state index in [0.717, 1.165) is 17.9 Å². The third kappa shape index (κ3) is 4.48. The highest BCUT2D eigenvalue weighted by Crippen LogP contribution is 2.24.